The molecule has 4 aliphatic rings. The molecule has 0 unspecified atom stereocenters. The summed E-state index contributed by atoms with van der Waals surface area (Å²) in [4.78, 5) is 36.4. The molecule has 0 radical (unpaired) electrons. The van der Waals surface area contributed by atoms with Crippen LogP contribution in [0.25, 0.3) is 0 Å². The van der Waals surface area contributed by atoms with Gasteiger partial charge in [-0.2, -0.15) is 0 Å². The molecule has 0 aliphatic heterocycles. The number of hydrogen-bond acceptors (Lipinski definition) is 4. The van der Waals surface area contributed by atoms with Crippen molar-refractivity contribution in [2.75, 3.05) is 13.2 Å². The second-order valence-corrected chi connectivity index (χ2v) is 9.73. The van der Waals surface area contributed by atoms with Crippen LogP contribution in [-0.2, 0) is 19.1 Å². The van der Waals surface area contributed by atoms with Gasteiger partial charge in [0.1, 0.15) is 6.54 Å². The van der Waals surface area contributed by atoms with Crippen molar-refractivity contribution in [1.29, 1.82) is 0 Å². The summed E-state index contributed by atoms with van der Waals surface area (Å²) in [6.07, 6.45) is 8.04. The lowest BCUT2D eigenvalue weighted by atomic mass is 9.49. The molecular formula is C24H32N2O4. The van der Waals surface area contributed by atoms with Crippen molar-refractivity contribution in [2.45, 2.75) is 57.9 Å². The van der Waals surface area contributed by atoms with Crippen molar-refractivity contribution in [3.05, 3.63) is 35.9 Å². The van der Waals surface area contributed by atoms with Crippen LogP contribution in [0, 0.1) is 23.2 Å². The van der Waals surface area contributed by atoms with Crippen LogP contribution in [0.15, 0.2) is 30.3 Å². The van der Waals surface area contributed by atoms with Gasteiger partial charge in [-0.15, -0.1) is 0 Å². The van der Waals surface area contributed by atoms with E-state index >= 15 is 0 Å². The fourth-order valence-corrected chi connectivity index (χ4v) is 6.39. The van der Waals surface area contributed by atoms with Crippen molar-refractivity contribution in [1.82, 2.24) is 10.6 Å². The molecule has 0 heterocycles. The summed E-state index contributed by atoms with van der Waals surface area (Å²) in [5, 5.41) is 5.50. The lowest BCUT2D eigenvalue weighted by molar-refractivity contribution is -0.149. The summed E-state index contributed by atoms with van der Waals surface area (Å²) in [5.41, 5.74) is 1.13. The van der Waals surface area contributed by atoms with Gasteiger partial charge in [-0.1, -0.05) is 30.3 Å². The van der Waals surface area contributed by atoms with E-state index in [2.05, 4.69) is 10.6 Å². The van der Waals surface area contributed by atoms with E-state index in [0.717, 1.165) is 42.6 Å². The van der Waals surface area contributed by atoms with Crippen LogP contribution in [0.2, 0.25) is 0 Å². The van der Waals surface area contributed by atoms with Gasteiger partial charge in [0.15, 0.2) is 6.61 Å². The van der Waals surface area contributed by atoms with Crippen LogP contribution in [0.1, 0.15) is 63.5 Å². The number of hydrogen-bond donors (Lipinski definition) is 2. The zero-order chi connectivity index (χ0) is 21.1. The van der Waals surface area contributed by atoms with Gasteiger partial charge in [-0.3, -0.25) is 14.4 Å². The molecule has 2 amide bonds. The molecule has 4 bridgehead atoms. The standard InChI is InChI=1S/C24H32N2O4/c1-16(20-5-3-2-4-6-20)26-22(28)15-30-23(29)14-25-21(27)13-24-10-17-7-18(11-24)9-19(8-17)12-24/h2-6,16-19H,7-15H2,1H3,(H,25,27)(H,26,28)/t16-,17?,18?,19?,24?/m1/s1. The topological polar surface area (TPSA) is 84.5 Å². The number of carbonyl (C=O) groups is 3. The Morgan fingerprint density at radius 2 is 1.60 bits per heavy atom. The van der Waals surface area contributed by atoms with Crippen LogP contribution < -0.4 is 10.6 Å². The van der Waals surface area contributed by atoms with Gasteiger partial charge >= 0.3 is 5.97 Å². The molecule has 1 aromatic carbocycles. The highest BCUT2D eigenvalue weighted by Gasteiger charge is 2.51. The van der Waals surface area contributed by atoms with Crippen LogP contribution in [-0.4, -0.2) is 30.9 Å². The highest BCUT2D eigenvalue weighted by molar-refractivity contribution is 5.84. The van der Waals surface area contributed by atoms with Crippen molar-refractivity contribution >= 4 is 17.8 Å². The predicted octanol–water partition coefficient (Wildman–Crippen LogP) is 3.13. The third kappa shape index (κ3) is 5.02. The Hall–Kier alpha value is -2.37. The van der Waals surface area contributed by atoms with Crippen LogP contribution >= 0.6 is 0 Å². The molecule has 0 aromatic heterocycles. The first-order chi connectivity index (χ1) is 14.4. The van der Waals surface area contributed by atoms with Crippen LogP contribution in [0.3, 0.4) is 0 Å². The molecule has 4 fully saturated rings. The maximum absolute atomic E-state index is 12.5. The summed E-state index contributed by atoms with van der Waals surface area (Å²) in [6.45, 7) is 1.34. The summed E-state index contributed by atoms with van der Waals surface area (Å²) in [6, 6.07) is 9.41. The van der Waals surface area contributed by atoms with E-state index < -0.39 is 5.97 Å². The molecular weight excluding hydrogens is 380 g/mol. The van der Waals surface area contributed by atoms with E-state index in [-0.39, 0.29) is 36.4 Å². The average Bonchev–Trinajstić information content (AvgIpc) is 2.70. The first-order valence-corrected chi connectivity index (χ1v) is 11.2. The molecule has 1 atom stereocenters. The molecule has 6 nitrogen and oxygen atoms in total. The second kappa shape index (κ2) is 8.78. The summed E-state index contributed by atoms with van der Waals surface area (Å²) >= 11 is 0. The molecule has 5 rings (SSSR count). The molecule has 162 valence electrons. The number of amides is 2. The largest absolute Gasteiger partial charge is 0.454 e. The van der Waals surface area contributed by atoms with Gasteiger partial charge in [-0.05, 0) is 74.2 Å². The number of esters is 1. The minimum Gasteiger partial charge on any atom is -0.454 e. The Morgan fingerprint density at radius 1 is 1.00 bits per heavy atom. The van der Waals surface area contributed by atoms with Crippen LogP contribution in [0.4, 0.5) is 0 Å². The first-order valence-electron chi connectivity index (χ1n) is 11.2. The van der Waals surface area contributed by atoms with E-state index in [4.69, 9.17) is 4.74 Å². The summed E-state index contributed by atoms with van der Waals surface area (Å²) in [7, 11) is 0. The summed E-state index contributed by atoms with van der Waals surface area (Å²) < 4.78 is 5.02. The average molecular weight is 413 g/mol. The van der Waals surface area contributed by atoms with E-state index in [0.29, 0.717) is 6.42 Å². The molecule has 1 aromatic rings. The molecule has 2 N–H and O–H groups in total. The van der Waals surface area contributed by atoms with E-state index in [1.807, 2.05) is 37.3 Å². The minimum absolute atomic E-state index is 0.0731. The molecule has 4 aliphatic carbocycles. The molecule has 4 saturated carbocycles. The second-order valence-electron chi connectivity index (χ2n) is 9.73. The third-order valence-electron chi connectivity index (χ3n) is 7.17. The highest BCUT2D eigenvalue weighted by Crippen LogP contribution is 2.61. The maximum atomic E-state index is 12.5. The van der Waals surface area contributed by atoms with Gasteiger partial charge < -0.3 is 15.4 Å². The first kappa shape index (κ1) is 20.9. The molecule has 0 saturated heterocycles. The SMILES string of the molecule is C[C@@H](NC(=O)COC(=O)CNC(=O)CC12CC3CC(CC(C3)C1)C2)c1ccccc1. The smallest absolute Gasteiger partial charge is 0.325 e. The van der Waals surface area contributed by atoms with Gasteiger partial charge in [0, 0.05) is 6.42 Å². The monoisotopic (exact) mass is 412 g/mol. The number of carbonyl (C=O) groups excluding carboxylic acids is 3. The third-order valence-corrected chi connectivity index (χ3v) is 7.17. The fraction of sp³-hybridized carbons (Fsp3) is 0.625. The van der Waals surface area contributed by atoms with Crippen molar-refractivity contribution < 1.29 is 19.1 Å². The number of benzene rings is 1. The Labute approximate surface area is 178 Å². The maximum Gasteiger partial charge on any atom is 0.325 e. The van der Waals surface area contributed by atoms with Gasteiger partial charge in [0.2, 0.25) is 5.91 Å². The molecule has 0 spiro atoms. The number of rotatable bonds is 8. The van der Waals surface area contributed by atoms with E-state index in [9.17, 15) is 14.4 Å². The van der Waals surface area contributed by atoms with Crippen LogP contribution in [0.5, 0.6) is 0 Å². The Balaban J connectivity index is 1.15. The zero-order valence-electron chi connectivity index (χ0n) is 17.7. The lowest BCUT2D eigenvalue weighted by Gasteiger charge is -2.56. The zero-order valence-corrected chi connectivity index (χ0v) is 17.7. The normalized spacial score (nSPS) is 29.8. The highest BCUT2D eigenvalue weighted by atomic mass is 16.5. The molecule has 6 heteroatoms. The Kier molecular flexibility index (Phi) is 6.11. The van der Waals surface area contributed by atoms with Crippen molar-refractivity contribution in [3.63, 3.8) is 0 Å². The van der Waals surface area contributed by atoms with E-state index in [1.165, 1.54) is 19.3 Å². The lowest BCUT2D eigenvalue weighted by Crippen LogP contribution is -2.48. The number of nitrogens with one attached hydrogen (secondary N) is 2. The van der Waals surface area contributed by atoms with Gasteiger partial charge in [0.25, 0.3) is 5.91 Å². The summed E-state index contributed by atoms with van der Waals surface area (Å²) in [5.74, 6) is 1.37. The van der Waals surface area contributed by atoms with E-state index in [1.54, 1.807) is 0 Å². The van der Waals surface area contributed by atoms with Crippen molar-refractivity contribution in [3.8, 4) is 0 Å². The quantitative estimate of drug-likeness (QED) is 0.643. The van der Waals surface area contributed by atoms with Gasteiger partial charge in [-0.25, -0.2) is 0 Å². The fourth-order valence-electron chi connectivity index (χ4n) is 6.39. The Morgan fingerprint density at radius 3 is 2.20 bits per heavy atom. The van der Waals surface area contributed by atoms with Gasteiger partial charge in [0.05, 0.1) is 6.04 Å². The molecule has 30 heavy (non-hydrogen) atoms. The predicted molar refractivity (Wildman–Crippen MR) is 112 cm³/mol. The Bertz CT molecular complexity index is 756. The van der Waals surface area contributed by atoms with Crippen molar-refractivity contribution in [2.24, 2.45) is 23.2 Å². The number of ether oxygens (including phenoxy) is 1. The minimum atomic E-state index is -0.587.